The monoisotopic (exact) mass is 262 g/mol. The van der Waals surface area contributed by atoms with E-state index in [2.05, 4.69) is 9.97 Å². The van der Waals surface area contributed by atoms with Crippen molar-refractivity contribution in [2.75, 3.05) is 0 Å². The zero-order valence-electron chi connectivity index (χ0n) is 9.43. The lowest BCUT2D eigenvalue weighted by Gasteiger charge is -2.06. The normalized spacial score (nSPS) is 10.3. The summed E-state index contributed by atoms with van der Waals surface area (Å²) in [5.74, 6) is -0.266. The summed E-state index contributed by atoms with van der Waals surface area (Å²) in [6, 6.07) is 6.62. The van der Waals surface area contributed by atoms with Gasteiger partial charge in [-0.1, -0.05) is 12.1 Å². The molecule has 0 bridgehead atoms. The summed E-state index contributed by atoms with van der Waals surface area (Å²) in [5.41, 5.74) is 5.95. The van der Waals surface area contributed by atoms with Gasteiger partial charge in [0, 0.05) is 11.9 Å². The molecule has 0 amide bonds. The zero-order valence-corrected chi connectivity index (χ0v) is 10.2. The second-order valence-corrected chi connectivity index (χ2v) is 4.52. The van der Waals surface area contributed by atoms with Crippen molar-refractivity contribution in [2.45, 2.75) is 10.8 Å². The summed E-state index contributed by atoms with van der Waals surface area (Å²) in [5, 5.41) is 8.06. The lowest BCUT2D eigenvalue weighted by atomic mass is 10.1. The summed E-state index contributed by atoms with van der Waals surface area (Å²) >= 11 is 1.41. The van der Waals surface area contributed by atoms with Gasteiger partial charge in [0.2, 0.25) is 0 Å². The topological polar surface area (TPSA) is 75.7 Å². The molecule has 4 nitrogen and oxygen atoms in total. The number of amidine groups is 1. The predicted molar refractivity (Wildman–Crippen MR) is 69.0 cm³/mol. The van der Waals surface area contributed by atoms with Gasteiger partial charge in [0.1, 0.15) is 18.0 Å². The maximum atomic E-state index is 14.0. The molecule has 6 heteroatoms. The van der Waals surface area contributed by atoms with E-state index >= 15 is 0 Å². The second-order valence-electron chi connectivity index (χ2n) is 3.53. The van der Waals surface area contributed by atoms with E-state index in [1.807, 2.05) is 0 Å². The molecule has 0 aliphatic heterocycles. The van der Waals surface area contributed by atoms with Crippen molar-refractivity contribution in [3.8, 4) is 0 Å². The van der Waals surface area contributed by atoms with Gasteiger partial charge in [0.15, 0.2) is 0 Å². The molecule has 0 atom stereocenters. The minimum atomic E-state index is -0.438. The highest BCUT2D eigenvalue weighted by Crippen LogP contribution is 2.23. The average molecular weight is 262 g/mol. The molecular formula is C12H11FN4S. The van der Waals surface area contributed by atoms with Crippen LogP contribution >= 0.6 is 11.8 Å². The fourth-order valence-electron chi connectivity index (χ4n) is 1.41. The molecule has 18 heavy (non-hydrogen) atoms. The standard InChI is InChI=1S/C12H11FN4S/c13-11-8(2-1-3-9(11)12(14)15)6-18-10-4-5-16-7-17-10/h1-5,7H,6H2,(H3,14,15). The first-order valence-electron chi connectivity index (χ1n) is 5.19. The quantitative estimate of drug-likeness (QED) is 0.383. The Hall–Kier alpha value is -1.95. The van der Waals surface area contributed by atoms with Gasteiger partial charge >= 0.3 is 0 Å². The Kier molecular flexibility index (Phi) is 3.88. The Balaban J connectivity index is 2.15. The largest absolute Gasteiger partial charge is 0.384 e. The van der Waals surface area contributed by atoms with E-state index in [1.165, 1.54) is 24.2 Å². The fraction of sp³-hybridized carbons (Fsp3) is 0.0833. The van der Waals surface area contributed by atoms with Gasteiger partial charge in [-0.2, -0.15) is 0 Å². The zero-order chi connectivity index (χ0) is 13.0. The number of halogens is 1. The molecule has 0 saturated carbocycles. The van der Waals surface area contributed by atoms with Crippen LogP contribution in [-0.4, -0.2) is 15.8 Å². The highest BCUT2D eigenvalue weighted by Gasteiger charge is 2.10. The van der Waals surface area contributed by atoms with Crippen molar-refractivity contribution in [3.63, 3.8) is 0 Å². The molecule has 0 fully saturated rings. The van der Waals surface area contributed by atoms with Crippen LogP contribution in [0.3, 0.4) is 0 Å². The summed E-state index contributed by atoms with van der Waals surface area (Å²) in [6.07, 6.45) is 3.09. The van der Waals surface area contributed by atoms with Gasteiger partial charge < -0.3 is 5.73 Å². The van der Waals surface area contributed by atoms with E-state index in [0.29, 0.717) is 11.3 Å². The third-order valence-electron chi connectivity index (χ3n) is 2.30. The molecule has 3 N–H and O–H groups in total. The number of nitrogen functional groups attached to an aromatic ring is 1. The molecule has 0 aliphatic rings. The van der Waals surface area contributed by atoms with E-state index in [1.54, 1.807) is 24.4 Å². The van der Waals surface area contributed by atoms with Crippen LogP contribution in [0.4, 0.5) is 4.39 Å². The molecule has 0 aliphatic carbocycles. The third-order valence-corrected chi connectivity index (χ3v) is 3.29. The van der Waals surface area contributed by atoms with Gasteiger partial charge in [0.25, 0.3) is 0 Å². The summed E-state index contributed by atoms with van der Waals surface area (Å²) in [4.78, 5) is 7.86. The maximum absolute atomic E-state index is 14.0. The molecule has 0 saturated heterocycles. The summed E-state index contributed by atoms with van der Waals surface area (Å²) < 4.78 is 14.0. The molecule has 1 heterocycles. The minimum Gasteiger partial charge on any atom is -0.384 e. The molecule has 1 aromatic carbocycles. The third kappa shape index (κ3) is 2.84. The first kappa shape index (κ1) is 12.5. The second kappa shape index (κ2) is 5.59. The number of hydrogen-bond donors (Lipinski definition) is 2. The van der Waals surface area contributed by atoms with Crippen molar-refractivity contribution >= 4 is 17.6 Å². The predicted octanol–water partition coefficient (Wildman–Crippen LogP) is 2.19. The van der Waals surface area contributed by atoms with Gasteiger partial charge in [-0.25, -0.2) is 14.4 Å². The average Bonchev–Trinajstić information content (AvgIpc) is 2.38. The lowest BCUT2D eigenvalue weighted by Crippen LogP contribution is -2.14. The van der Waals surface area contributed by atoms with Crippen molar-refractivity contribution < 1.29 is 4.39 Å². The van der Waals surface area contributed by atoms with Gasteiger partial charge in [-0.15, -0.1) is 11.8 Å². The number of thioether (sulfide) groups is 1. The highest BCUT2D eigenvalue weighted by atomic mass is 32.2. The van der Waals surface area contributed by atoms with Gasteiger partial charge in [-0.05, 0) is 17.7 Å². The molecule has 0 spiro atoms. The minimum absolute atomic E-state index is 0.135. The van der Waals surface area contributed by atoms with E-state index in [0.717, 1.165) is 5.03 Å². The van der Waals surface area contributed by atoms with E-state index < -0.39 is 5.82 Å². The number of nitrogens with one attached hydrogen (secondary N) is 1. The number of rotatable bonds is 4. The number of nitrogens with two attached hydrogens (primary N) is 1. The van der Waals surface area contributed by atoms with Crippen LogP contribution < -0.4 is 5.73 Å². The smallest absolute Gasteiger partial charge is 0.138 e. The molecule has 2 rings (SSSR count). The van der Waals surface area contributed by atoms with Crippen LogP contribution in [0.2, 0.25) is 0 Å². The van der Waals surface area contributed by atoms with E-state index in [9.17, 15) is 4.39 Å². The first-order chi connectivity index (χ1) is 8.68. The number of aromatic nitrogens is 2. The van der Waals surface area contributed by atoms with Crippen LogP contribution in [0.5, 0.6) is 0 Å². The van der Waals surface area contributed by atoms with Gasteiger partial charge in [-0.3, -0.25) is 5.41 Å². The molecular weight excluding hydrogens is 251 g/mol. The summed E-state index contributed by atoms with van der Waals surface area (Å²) in [6.45, 7) is 0. The van der Waals surface area contributed by atoms with Crippen molar-refractivity contribution in [1.82, 2.24) is 9.97 Å². The number of nitrogens with zero attached hydrogens (tertiary/aromatic N) is 2. The van der Waals surface area contributed by atoms with Crippen LogP contribution in [0.1, 0.15) is 11.1 Å². The molecule has 0 radical (unpaired) electrons. The Morgan fingerprint density at radius 3 is 2.89 bits per heavy atom. The van der Waals surface area contributed by atoms with Crippen LogP contribution in [0, 0.1) is 11.2 Å². The Morgan fingerprint density at radius 2 is 2.22 bits per heavy atom. The number of benzene rings is 1. The molecule has 92 valence electrons. The van der Waals surface area contributed by atoms with Crippen LogP contribution in [0.25, 0.3) is 0 Å². The van der Waals surface area contributed by atoms with Crippen LogP contribution in [0.15, 0.2) is 41.8 Å². The lowest BCUT2D eigenvalue weighted by molar-refractivity contribution is 0.614. The van der Waals surface area contributed by atoms with Crippen LogP contribution in [-0.2, 0) is 5.75 Å². The van der Waals surface area contributed by atoms with Crippen molar-refractivity contribution in [3.05, 3.63) is 53.7 Å². The Morgan fingerprint density at radius 1 is 1.39 bits per heavy atom. The first-order valence-corrected chi connectivity index (χ1v) is 6.17. The Bertz CT molecular complexity index is 559. The highest BCUT2D eigenvalue weighted by molar-refractivity contribution is 7.98. The van der Waals surface area contributed by atoms with Crippen molar-refractivity contribution in [2.24, 2.45) is 5.73 Å². The van der Waals surface area contributed by atoms with E-state index in [-0.39, 0.29) is 11.4 Å². The number of hydrogen-bond acceptors (Lipinski definition) is 4. The Labute approximate surface area is 108 Å². The maximum Gasteiger partial charge on any atom is 0.138 e. The molecule has 0 unspecified atom stereocenters. The molecule has 1 aromatic heterocycles. The summed E-state index contributed by atoms with van der Waals surface area (Å²) in [7, 11) is 0. The van der Waals surface area contributed by atoms with Crippen molar-refractivity contribution in [1.29, 1.82) is 5.41 Å². The van der Waals surface area contributed by atoms with Gasteiger partial charge in [0.05, 0.1) is 10.6 Å². The van der Waals surface area contributed by atoms with E-state index in [4.69, 9.17) is 11.1 Å². The molecule has 2 aromatic rings. The fourth-order valence-corrected chi connectivity index (χ4v) is 2.22. The SMILES string of the molecule is N=C(N)c1cccc(CSc2ccncn2)c1F.